The first-order valence-electron chi connectivity index (χ1n) is 3.65. The zero-order chi connectivity index (χ0) is 8.10. The molecule has 1 aromatic carbocycles. The Morgan fingerprint density at radius 1 is 1.36 bits per heavy atom. The Morgan fingerprint density at radius 3 is 2.45 bits per heavy atom. The smallest absolute Gasteiger partial charge is 0.0476 e. The summed E-state index contributed by atoms with van der Waals surface area (Å²) < 4.78 is 0. The van der Waals surface area contributed by atoms with Gasteiger partial charge in [0.15, 0.2) is 0 Å². The van der Waals surface area contributed by atoms with Crippen molar-refractivity contribution < 1.29 is 0 Å². The van der Waals surface area contributed by atoms with Crippen molar-refractivity contribution in [3.05, 3.63) is 42.0 Å². The lowest BCUT2D eigenvalue weighted by Gasteiger charge is -2.00. The van der Waals surface area contributed by atoms with E-state index < -0.39 is 0 Å². The number of hydrogen-bond donors (Lipinski definition) is 0. The zero-order valence-corrected chi connectivity index (χ0v) is 7.31. The molecule has 0 aliphatic carbocycles. The largest absolute Gasteiger partial charge is 0.122 e. The summed E-state index contributed by atoms with van der Waals surface area (Å²) in [5, 5.41) is 0. The Morgan fingerprint density at radius 2 is 2.00 bits per heavy atom. The Balaban J connectivity index is 2.92. The van der Waals surface area contributed by atoms with Crippen LogP contribution in [0.5, 0.6) is 0 Å². The molecular formula is C10H11Cl. The second-order valence-corrected chi connectivity index (χ2v) is 2.58. The van der Waals surface area contributed by atoms with Gasteiger partial charge in [0, 0.05) is 5.88 Å². The Hall–Kier alpha value is -0.750. The van der Waals surface area contributed by atoms with E-state index in [1.165, 1.54) is 11.1 Å². The molecule has 0 heterocycles. The second kappa shape index (κ2) is 4.20. The lowest BCUT2D eigenvalue weighted by Crippen LogP contribution is -1.83. The first kappa shape index (κ1) is 8.35. The lowest BCUT2D eigenvalue weighted by atomic mass is 10.1. The van der Waals surface area contributed by atoms with Gasteiger partial charge >= 0.3 is 0 Å². The van der Waals surface area contributed by atoms with Crippen molar-refractivity contribution in [1.29, 1.82) is 0 Å². The van der Waals surface area contributed by atoms with Crippen LogP contribution < -0.4 is 0 Å². The molecule has 0 aliphatic rings. The van der Waals surface area contributed by atoms with Gasteiger partial charge in [0.2, 0.25) is 0 Å². The highest BCUT2D eigenvalue weighted by molar-refractivity contribution is 6.23. The highest BCUT2D eigenvalue weighted by Gasteiger charge is 1.95. The molecule has 0 amide bonds. The molecule has 0 unspecified atom stereocenters. The molecule has 0 bridgehead atoms. The second-order valence-electron chi connectivity index (χ2n) is 2.31. The summed E-state index contributed by atoms with van der Waals surface area (Å²) in [7, 11) is 0. The molecular weight excluding hydrogens is 156 g/mol. The molecule has 0 N–H and O–H groups in total. The van der Waals surface area contributed by atoms with Crippen LogP contribution in [-0.4, -0.2) is 5.88 Å². The Labute approximate surface area is 72.5 Å². The van der Waals surface area contributed by atoms with Crippen LogP contribution in [0, 0.1) is 0 Å². The third kappa shape index (κ3) is 2.09. The minimum absolute atomic E-state index is 0.584. The third-order valence-corrected chi connectivity index (χ3v) is 1.92. The number of allylic oxidation sites excluding steroid dienone is 2. The van der Waals surface area contributed by atoms with Crippen molar-refractivity contribution in [2.75, 3.05) is 5.88 Å². The van der Waals surface area contributed by atoms with Gasteiger partial charge in [-0.25, -0.2) is 0 Å². The van der Waals surface area contributed by atoms with E-state index in [-0.39, 0.29) is 0 Å². The van der Waals surface area contributed by atoms with Crippen LogP contribution >= 0.6 is 11.6 Å². The van der Waals surface area contributed by atoms with E-state index in [1.54, 1.807) is 0 Å². The summed E-state index contributed by atoms with van der Waals surface area (Å²) in [5.74, 6) is 0.584. The third-order valence-electron chi connectivity index (χ3n) is 1.64. The quantitative estimate of drug-likeness (QED) is 0.592. The van der Waals surface area contributed by atoms with Gasteiger partial charge in [0.25, 0.3) is 0 Å². The number of halogens is 1. The molecule has 58 valence electrons. The number of hydrogen-bond acceptors (Lipinski definition) is 0. The monoisotopic (exact) mass is 166 g/mol. The predicted molar refractivity (Wildman–Crippen MR) is 50.8 cm³/mol. The maximum Gasteiger partial charge on any atom is 0.0476 e. The molecule has 0 fully saturated rings. The van der Waals surface area contributed by atoms with Crippen molar-refractivity contribution in [2.45, 2.75) is 6.92 Å². The molecule has 0 nitrogen and oxygen atoms in total. The summed E-state index contributed by atoms with van der Waals surface area (Å²) in [4.78, 5) is 0. The van der Waals surface area contributed by atoms with Crippen LogP contribution in [0.25, 0.3) is 5.57 Å². The molecule has 0 saturated heterocycles. The van der Waals surface area contributed by atoms with E-state index in [0.29, 0.717) is 5.88 Å². The van der Waals surface area contributed by atoms with Crippen LogP contribution in [0.2, 0.25) is 0 Å². The maximum atomic E-state index is 5.73. The molecule has 1 aromatic rings. The van der Waals surface area contributed by atoms with E-state index in [9.17, 15) is 0 Å². The fourth-order valence-corrected chi connectivity index (χ4v) is 1.28. The number of alkyl halides is 1. The topological polar surface area (TPSA) is 0 Å². The fourth-order valence-electron chi connectivity index (χ4n) is 0.973. The number of benzene rings is 1. The van der Waals surface area contributed by atoms with Crippen LogP contribution in [-0.2, 0) is 0 Å². The van der Waals surface area contributed by atoms with Gasteiger partial charge in [-0.05, 0) is 18.1 Å². The van der Waals surface area contributed by atoms with Gasteiger partial charge in [0.1, 0.15) is 0 Å². The summed E-state index contributed by atoms with van der Waals surface area (Å²) in [6.45, 7) is 2.00. The lowest BCUT2D eigenvalue weighted by molar-refractivity contribution is 1.55. The summed E-state index contributed by atoms with van der Waals surface area (Å²) in [5.41, 5.74) is 2.40. The van der Waals surface area contributed by atoms with E-state index in [1.807, 2.05) is 31.2 Å². The van der Waals surface area contributed by atoms with E-state index in [4.69, 9.17) is 11.6 Å². The molecule has 0 spiro atoms. The van der Waals surface area contributed by atoms with Gasteiger partial charge in [-0.15, -0.1) is 11.6 Å². The van der Waals surface area contributed by atoms with Gasteiger partial charge in [-0.1, -0.05) is 36.4 Å². The Bertz CT molecular complexity index is 236. The maximum absolute atomic E-state index is 5.73. The molecule has 0 aliphatic heterocycles. The minimum atomic E-state index is 0.584. The molecule has 11 heavy (non-hydrogen) atoms. The van der Waals surface area contributed by atoms with Gasteiger partial charge < -0.3 is 0 Å². The SMILES string of the molecule is C/C=C(\CCl)c1ccccc1. The summed E-state index contributed by atoms with van der Waals surface area (Å²) >= 11 is 5.73. The minimum Gasteiger partial charge on any atom is -0.122 e. The zero-order valence-electron chi connectivity index (χ0n) is 6.55. The molecule has 0 atom stereocenters. The molecule has 0 aromatic heterocycles. The van der Waals surface area contributed by atoms with Crippen LogP contribution in [0.15, 0.2) is 36.4 Å². The van der Waals surface area contributed by atoms with Crippen molar-refractivity contribution in [1.82, 2.24) is 0 Å². The molecule has 0 radical (unpaired) electrons. The van der Waals surface area contributed by atoms with E-state index in [0.717, 1.165) is 0 Å². The Kier molecular flexibility index (Phi) is 3.18. The summed E-state index contributed by atoms with van der Waals surface area (Å²) in [6.07, 6.45) is 2.04. The average Bonchev–Trinajstić information content (AvgIpc) is 2.09. The van der Waals surface area contributed by atoms with Gasteiger partial charge in [0.05, 0.1) is 0 Å². The predicted octanol–water partition coefficient (Wildman–Crippen LogP) is 3.33. The molecule has 1 heteroatoms. The van der Waals surface area contributed by atoms with E-state index in [2.05, 4.69) is 12.1 Å². The summed E-state index contributed by atoms with van der Waals surface area (Å²) in [6, 6.07) is 10.2. The highest BCUT2D eigenvalue weighted by Crippen LogP contribution is 2.14. The normalized spacial score (nSPS) is 11.6. The molecule has 1 rings (SSSR count). The van der Waals surface area contributed by atoms with Crippen LogP contribution in [0.3, 0.4) is 0 Å². The van der Waals surface area contributed by atoms with Gasteiger partial charge in [-0.3, -0.25) is 0 Å². The first-order chi connectivity index (χ1) is 5.38. The first-order valence-corrected chi connectivity index (χ1v) is 4.18. The van der Waals surface area contributed by atoms with Crippen molar-refractivity contribution >= 4 is 17.2 Å². The van der Waals surface area contributed by atoms with E-state index >= 15 is 0 Å². The highest BCUT2D eigenvalue weighted by atomic mass is 35.5. The van der Waals surface area contributed by atoms with Crippen LogP contribution in [0.4, 0.5) is 0 Å². The van der Waals surface area contributed by atoms with Crippen molar-refractivity contribution in [2.24, 2.45) is 0 Å². The van der Waals surface area contributed by atoms with Crippen molar-refractivity contribution in [3.8, 4) is 0 Å². The van der Waals surface area contributed by atoms with Crippen LogP contribution in [0.1, 0.15) is 12.5 Å². The fraction of sp³-hybridized carbons (Fsp3) is 0.200. The van der Waals surface area contributed by atoms with Gasteiger partial charge in [-0.2, -0.15) is 0 Å². The average molecular weight is 167 g/mol. The number of rotatable bonds is 2. The standard InChI is InChI=1S/C10H11Cl/c1-2-9(8-11)10-6-4-3-5-7-10/h2-7H,8H2,1H3/b9-2+. The van der Waals surface area contributed by atoms with Crippen molar-refractivity contribution in [3.63, 3.8) is 0 Å². The molecule has 0 saturated carbocycles.